The fourth-order valence-corrected chi connectivity index (χ4v) is 1.70. The minimum absolute atomic E-state index is 0.245. The van der Waals surface area contributed by atoms with Crippen LogP contribution >= 0.6 is 0 Å². The molecule has 3 N–H and O–H groups in total. The number of rotatable bonds is 7. The van der Waals surface area contributed by atoms with Crippen molar-refractivity contribution in [1.29, 1.82) is 0 Å². The normalized spacial score (nSPS) is 10.1. The molecule has 0 heterocycles. The van der Waals surface area contributed by atoms with Crippen molar-refractivity contribution in [2.45, 2.75) is 32.6 Å². The summed E-state index contributed by atoms with van der Waals surface area (Å²) in [5, 5.41) is 13.9. The number of nitrogens with one attached hydrogen (secondary N) is 2. The smallest absolute Gasteiger partial charge is 0.338 e. The van der Waals surface area contributed by atoms with E-state index in [0.717, 1.165) is 37.8 Å². The van der Waals surface area contributed by atoms with Gasteiger partial charge in [-0.15, -0.1) is 0 Å². The Balaban J connectivity index is 2.46. The summed E-state index contributed by atoms with van der Waals surface area (Å²) in [6, 6.07) is 3.00. The van der Waals surface area contributed by atoms with Crippen molar-refractivity contribution < 1.29 is 19.1 Å². The molecule has 1 aromatic carbocycles. The van der Waals surface area contributed by atoms with Crippen LogP contribution in [0.15, 0.2) is 18.2 Å². The summed E-state index contributed by atoms with van der Waals surface area (Å²) < 4.78 is 13.2. The number of carbonyl (C=O) groups is 2. The predicted molar refractivity (Wildman–Crippen MR) is 74.5 cm³/mol. The lowest BCUT2D eigenvalue weighted by Gasteiger charge is -2.08. The standard InChI is InChI=1S/C14H19FN2O3/c1-2-3-4-5-8-16-14(20)17-10-6-7-12(15)11(9-10)13(18)19/h6-7,9H,2-5,8H2,1H3,(H,18,19)(H2,16,17,20). The van der Waals surface area contributed by atoms with Crippen molar-refractivity contribution in [2.75, 3.05) is 11.9 Å². The average molecular weight is 282 g/mol. The van der Waals surface area contributed by atoms with Crippen LogP contribution in [-0.2, 0) is 0 Å². The third-order valence-corrected chi connectivity index (χ3v) is 2.77. The Bertz CT molecular complexity index is 477. The van der Waals surface area contributed by atoms with Crippen LogP contribution in [0.4, 0.5) is 14.9 Å². The minimum atomic E-state index is -1.37. The highest BCUT2D eigenvalue weighted by Gasteiger charge is 2.11. The van der Waals surface area contributed by atoms with Crippen LogP contribution in [0.3, 0.4) is 0 Å². The van der Waals surface area contributed by atoms with Gasteiger partial charge in [0, 0.05) is 12.2 Å². The van der Waals surface area contributed by atoms with E-state index in [1.807, 2.05) is 0 Å². The van der Waals surface area contributed by atoms with Crippen molar-refractivity contribution >= 4 is 17.7 Å². The maximum atomic E-state index is 13.2. The van der Waals surface area contributed by atoms with E-state index < -0.39 is 23.4 Å². The molecule has 0 saturated heterocycles. The molecule has 1 rings (SSSR count). The van der Waals surface area contributed by atoms with Crippen LogP contribution in [0.2, 0.25) is 0 Å². The van der Waals surface area contributed by atoms with Gasteiger partial charge in [0.1, 0.15) is 5.82 Å². The van der Waals surface area contributed by atoms with Crippen LogP contribution in [0.25, 0.3) is 0 Å². The van der Waals surface area contributed by atoms with Crippen LogP contribution in [0.5, 0.6) is 0 Å². The molecule has 0 aromatic heterocycles. The Morgan fingerprint density at radius 2 is 2.00 bits per heavy atom. The number of carboxylic acid groups (broad SMARTS) is 1. The van der Waals surface area contributed by atoms with Crippen molar-refractivity contribution in [3.63, 3.8) is 0 Å². The van der Waals surface area contributed by atoms with Crippen LogP contribution in [-0.4, -0.2) is 23.7 Å². The van der Waals surface area contributed by atoms with Gasteiger partial charge < -0.3 is 15.7 Å². The number of benzene rings is 1. The minimum Gasteiger partial charge on any atom is -0.478 e. The molecule has 0 spiro atoms. The Kier molecular flexibility index (Phi) is 6.49. The highest BCUT2D eigenvalue weighted by Crippen LogP contribution is 2.14. The monoisotopic (exact) mass is 282 g/mol. The van der Waals surface area contributed by atoms with Crippen molar-refractivity contribution in [3.05, 3.63) is 29.6 Å². The van der Waals surface area contributed by atoms with E-state index in [2.05, 4.69) is 17.6 Å². The van der Waals surface area contributed by atoms with E-state index in [1.165, 1.54) is 6.07 Å². The van der Waals surface area contributed by atoms with E-state index in [9.17, 15) is 14.0 Å². The van der Waals surface area contributed by atoms with Gasteiger partial charge >= 0.3 is 12.0 Å². The molecule has 20 heavy (non-hydrogen) atoms. The molecule has 1 aromatic rings. The summed E-state index contributed by atoms with van der Waals surface area (Å²) in [6.07, 6.45) is 4.20. The lowest BCUT2D eigenvalue weighted by molar-refractivity contribution is 0.0692. The van der Waals surface area contributed by atoms with Gasteiger partial charge in [-0.3, -0.25) is 0 Å². The molecule has 0 aliphatic carbocycles. The number of carbonyl (C=O) groups excluding carboxylic acids is 1. The number of unbranched alkanes of at least 4 members (excludes halogenated alkanes) is 3. The van der Waals surface area contributed by atoms with E-state index >= 15 is 0 Å². The van der Waals surface area contributed by atoms with Crippen molar-refractivity contribution in [3.8, 4) is 0 Å². The molecule has 110 valence electrons. The number of anilines is 1. The zero-order valence-corrected chi connectivity index (χ0v) is 11.4. The first-order chi connectivity index (χ1) is 9.54. The average Bonchev–Trinajstić information content (AvgIpc) is 2.40. The van der Waals surface area contributed by atoms with E-state index in [4.69, 9.17) is 5.11 Å². The van der Waals surface area contributed by atoms with Gasteiger partial charge in [-0.1, -0.05) is 26.2 Å². The summed E-state index contributed by atoms with van der Waals surface area (Å²) in [7, 11) is 0. The summed E-state index contributed by atoms with van der Waals surface area (Å²) in [4.78, 5) is 22.3. The van der Waals surface area contributed by atoms with E-state index in [-0.39, 0.29) is 5.69 Å². The number of carboxylic acids is 1. The summed E-state index contributed by atoms with van der Waals surface area (Å²) in [5.74, 6) is -2.20. The van der Waals surface area contributed by atoms with Gasteiger partial charge in [-0.2, -0.15) is 0 Å². The Labute approximate surface area is 117 Å². The molecular formula is C14H19FN2O3. The van der Waals surface area contributed by atoms with E-state index in [1.54, 1.807) is 0 Å². The molecule has 0 saturated carbocycles. The lowest BCUT2D eigenvalue weighted by atomic mass is 10.2. The topological polar surface area (TPSA) is 78.4 Å². The van der Waals surface area contributed by atoms with Crippen molar-refractivity contribution in [2.24, 2.45) is 0 Å². The second kappa shape index (κ2) is 8.14. The van der Waals surface area contributed by atoms with Gasteiger partial charge in [0.05, 0.1) is 5.56 Å². The third-order valence-electron chi connectivity index (χ3n) is 2.77. The summed E-state index contributed by atoms with van der Waals surface area (Å²) in [6.45, 7) is 2.66. The van der Waals surface area contributed by atoms with E-state index in [0.29, 0.717) is 6.54 Å². The SMILES string of the molecule is CCCCCCNC(=O)Nc1ccc(F)c(C(=O)O)c1. The molecular weight excluding hydrogens is 263 g/mol. The molecule has 6 heteroatoms. The number of hydrogen-bond donors (Lipinski definition) is 3. The molecule has 0 aliphatic rings. The van der Waals surface area contributed by atoms with Crippen LogP contribution in [0.1, 0.15) is 43.0 Å². The number of amides is 2. The first-order valence-electron chi connectivity index (χ1n) is 6.62. The van der Waals surface area contributed by atoms with Crippen LogP contribution < -0.4 is 10.6 Å². The number of aromatic carboxylic acids is 1. The van der Waals surface area contributed by atoms with Crippen molar-refractivity contribution in [1.82, 2.24) is 5.32 Å². The Hall–Kier alpha value is -2.11. The van der Waals surface area contributed by atoms with Gasteiger partial charge in [-0.25, -0.2) is 14.0 Å². The van der Waals surface area contributed by atoms with Gasteiger partial charge in [0.15, 0.2) is 0 Å². The van der Waals surface area contributed by atoms with Gasteiger partial charge in [0.25, 0.3) is 0 Å². The molecule has 0 bridgehead atoms. The number of halogens is 1. The van der Waals surface area contributed by atoms with Crippen LogP contribution in [0, 0.1) is 5.82 Å². The fourth-order valence-electron chi connectivity index (χ4n) is 1.70. The molecule has 5 nitrogen and oxygen atoms in total. The molecule has 0 atom stereocenters. The number of urea groups is 1. The maximum absolute atomic E-state index is 13.2. The lowest BCUT2D eigenvalue weighted by Crippen LogP contribution is -2.29. The molecule has 0 fully saturated rings. The fraction of sp³-hybridized carbons (Fsp3) is 0.429. The third kappa shape index (κ3) is 5.26. The summed E-state index contributed by atoms with van der Waals surface area (Å²) in [5.41, 5.74) is -0.222. The molecule has 0 unspecified atom stereocenters. The predicted octanol–water partition coefficient (Wildman–Crippen LogP) is 3.23. The first kappa shape index (κ1) is 15.9. The second-order valence-corrected chi connectivity index (χ2v) is 4.44. The molecule has 0 radical (unpaired) electrons. The quantitative estimate of drug-likeness (QED) is 0.672. The maximum Gasteiger partial charge on any atom is 0.338 e. The second-order valence-electron chi connectivity index (χ2n) is 4.44. The van der Waals surface area contributed by atoms with Gasteiger partial charge in [-0.05, 0) is 24.6 Å². The zero-order valence-electron chi connectivity index (χ0n) is 11.4. The summed E-state index contributed by atoms with van der Waals surface area (Å²) >= 11 is 0. The zero-order chi connectivity index (χ0) is 15.0. The highest BCUT2D eigenvalue weighted by atomic mass is 19.1. The van der Waals surface area contributed by atoms with Gasteiger partial charge in [0.2, 0.25) is 0 Å². The molecule has 0 aliphatic heterocycles. The Morgan fingerprint density at radius 3 is 2.65 bits per heavy atom. The highest BCUT2D eigenvalue weighted by molar-refractivity contribution is 5.93. The molecule has 2 amide bonds. The Morgan fingerprint density at radius 1 is 1.25 bits per heavy atom. The number of hydrogen-bond acceptors (Lipinski definition) is 2. The largest absolute Gasteiger partial charge is 0.478 e. The first-order valence-corrected chi connectivity index (χ1v) is 6.62.